The summed E-state index contributed by atoms with van der Waals surface area (Å²) in [7, 11) is 1.77. The minimum atomic E-state index is -0.0543. The number of aromatic nitrogens is 3. The summed E-state index contributed by atoms with van der Waals surface area (Å²) in [4.78, 5) is 4.25. The Labute approximate surface area is 110 Å². The summed E-state index contributed by atoms with van der Waals surface area (Å²) in [6.45, 7) is 3.69. The molecule has 19 heavy (non-hydrogen) atoms. The number of nitrogens with two attached hydrogens (primary N) is 1. The summed E-state index contributed by atoms with van der Waals surface area (Å²) in [5.74, 6) is 0.752. The Morgan fingerprint density at radius 3 is 2.68 bits per heavy atom. The van der Waals surface area contributed by atoms with E-state index in [-0.39, 0.29) is 11.7 Å². The molecule has 0 aliphatic heterocycles. The third kappa shape index (κ3) is 2.65. The first-order valence-electron chi connectivity index (χ1n) is 5.65. The fraction of sp³-hybridized carbons (Fsp3) is 0.250. The molecule has 0 spiro atoms. The second-order valence-corrected chi connectivity index (χ2v) is 4.14. The predicted molar refractivity (Wildman–Crippen MR) is 69.5 cm³/mol. The molecule has 0 saturated heterocycles. The van der Waals surface area contributed by atoms with E-state index in [4.69, 9.17) is 15.7 Å². The number of ether oxygens (including phenoxy) is 1. The van der Waals surface area contributed by atoms with Crippen LogP contribution in [0, 0.1) is 13.8 Å². The lowest BCUT2D eigenvalue weighted by molar-refractivity contribution is 0.318. The lowest BCUT2D eigenvalue weighted by atomic mass is 10.2. The normalized spacial score (nSPS) is 11.6. The van der Waals surface area contributed by atoms with Crippen molar-refractivity contribution in [2.24, 2.45) is 17.9 Å². The van der Waals surface area contributed by atoms with Crippen molar-refractivity contribution in [1.29, 1.82) is 0 Å². The third-order valence-corrected chi connectivity index (χ3v) is 2.54. The number of amidine groups is 1. The van der Waals surface area contributed by atoms with Crippen molar-refractivity contribution < 1.29 is 9.94 Å². The summed E-state index contributed by atoms with van der Waals surface area (Å²) in [5, 5.41) is 15.9. The van der Waals surface area contributed by atoms with E-state index in [2.05, 4.69) is 15.2 Å². The zero-order valence-corrected chi connectivity index (χ0v) is 11.0. The SMILES string of the molecule is Cc1ccc(/C(N)=N/O)c(Oc2cc(C)nn2C)n1. The van der Waals surface area contributed by atoms with Crippen molar-refractivity contribution >= 4 is 5.84 Å². The maximum absolute atomic E-state index is 8.77. The van der Waals surface area contributed by atoms with Crippen LogP contribution in [-0.4, -0.2) is 25.8 Å². The average molecular weight is 261 g/mol. The van der Waals surface area contributed by atoms with Crippen LogP contribution in [0.15, 0.2) is 23.4 Å². The molecule has 2 aromatic rings. The molecule has 2 heterocycles. The molecular weight excluding hydrogens is 246 g/mol. The highest BCUT2D eigenvalue weighted by molar-refractivity contribution is 5.99. The van der Waals surface area contributed by atoms with Crippen molar-refractivity contribution in [1.82, 2.24) is 14.8 Å². The molecule has 0 aliphatic rings. The van der Waals surface area contributed by atoms with Gasteiger partial charge in [0, 0.05) is 18.8 Å². The van der Waals surface area contributed by atoms with E-state index in [1.165, 1.54) is 0 Å². The first-order valence-corrected chi connectivity index (χ1v) is 5.65. The molecule has 2 rings (SSSR count). The number of nitrogens with zero attached hydrogens (tertiary/aromatic N) is 4. The number of hydrogen-bond acceptors (Lipinski definition) is 5. The molecule has 0 fully saturated rings. The molecule has 0 bridgehead atoms. The molecule has 3 N–H and O–H groups in total. The number of oxime groups is 1. The van der Waals surface area contributed by atoms with Crippen LogP contribution in [0.25, 0.3) is 0 Å². The van der Waals surface area contributed by atoms with Gasteiger partial charge in [-0.1, -0.05) is 5.16 Å². The largest absolute Gasteiger partial charge is 0.420 e. The highest BCUT2D eigenvalue weighted by atomic mass is 16.5. The fourth-order valence-electron chi connectivity index (χ4n) is 1.64. The highest BCUT2D eigenvalue weighted by Crippen LogP contribution is 2.23. The monoisotopic (exact) mass is 261 g/mol. The lowest BCUT2D eigenvalue weighted by Crippen LogP contribution is -2.15. The first-order chi connectivity index (χ1) is 9.01. The van der Waals surface area contributed by atoms with Crippen LogP contribution >= 0.6 is 0 Å². The van der Waals surface area contributed by atoms with Crippen LogP contribution in [0.5, 0.6) is 11.8 Å². The second-order valence-electron chi connectivity index (χ2n) is 4.14. The standard InChI is InChI=1S/C12H15N5O2/c1-7-4-5-9(11(13)16-18)12(14-7)19-10-6-8(2)15-17(10)3/h4-6,18H,1-3H3,(H2,13,16). The van der Waals surface area contributed by atoms with Crippen LogP contribution in [0.4, 0.5) is 0 Å². The van der Waals surface area contributed by atoms with Gasteiger partial charge in [-0.15, -0.1) is 0 Å². The zero-order chi connectivity index (χ0) is 14.0. The van der Waals surface area contributed by atoms with Crippen molar-refractivity contribution in [3.05, 3.63) is 35.2 Å². The molecule has 0 atom stereocenters. The quantitative estimate of drug-likeness (QED) is 0.376. The Morgan fingerprint density at radius 1 is 1.37 bits per heavy atom. The van der Waals surface area contributed by atoms with E-state index in [0.29, 0.717) is 11.4 Å². The summed E-state index contributed by atoms with van der Waals surface area (Å²) < 4.78 is 7.27. The molecule has 2 aromatic heterocycles. The van der Waals surface area contributed by atoms with Crippen LogP contribution in [-0.2, 0) is 7.05 Å². The summed E-state index contributed by atoms with van der Waals surface area (Å²) >= 11 is 0. The average Bonchev–Trinajstić information content (AvgIpc) is 2.67. The molecule has 0 aliphatic carbocycles. The lowest BCUT2D eigenvalue weighted by Gasteiger charge is -2.09. The van der Waals surface area contributed by atoms with Crippen LogP contribution in [0.2, 0.25) is 0 Å². The van der Waals surface area contributed by atoms with Crippen molar-refractivity contribution in [2.75, 3.05) is 0 Å². The van der Waals surface area contributed by atoms with Crippen molar-refractivity contribution in [3.63, 3.8) is 0 Å². The molecule has 0 saturated carbocycles. The van der Waals surface area contributed by atoms with E-state index in [1.807, 2.05) is 13.8 Å². The molecule has 0 radical (unpaired) electrons. The minimum absolute atomic E-state index is 0.0543. The van der Waals surface area contributed by atoms with E-state index in [9.17, 15) is 0 Å². The minimum Gasteiger partial charge on any atom is -0.420 e. The topological polar surface area (TPSA) is 98.5 Å². The van der Waals surface area contributed by atoms with Crippen molar-refractivity contribution in [3.8, 4) is 11.8 Å². The van der Waals surface area contributed by atoms with Gasteiger partial charge in [0.25, 0.3) is 0 Å². The van der Waals surface area contributed by atoms with Gasteiger partial charge in [0.1, 0.15) is 0 Å². The second kappa shape index (κ2) is 4.97. The highest BCUT2D eigenvalue weighted by Gasteiger charge is 2.13. The van der Waals surface area contributed by atoms with Crippen LogP contribution in [0.3, 0.4) is 0 Å². The number of pyridine rings is 1. The van der Waals surface area contributed by atoms with Crippen LogP contribution in [0.1, 0.15) is 17.0 Å². The Balaban J connectivity index is 2.44. The summed E-state index contributed by atoms with van der Waals surface area (Å²) in [5.41, 5.74) is 7.62. The molecule has 0 unspecified atom stereocenters. The van der Waals surface area contributed by atoms with Gasteiger partial charge >= 0.3 is 0 Å². The van der Waals surface area contributed by atoms with E-state index < -0.39 is 0 Å². The summed E-state index contributed by atoms with van der Waals surface area (Å²) in [6, 6.07) is 5.23. The van der Waals surface area contributed by atoms with Gasteiger partial charge in [-0.3, -0.25) is 0 Å². The van der Waals surface area contributed by atoms with Gasteiger partial charge in [0.15, 0.2) is 5.84 Å². The Bertz CT molecular complexity index is 633. The van der Waals surface area contributed by atoms with E-state index >= 15 is 0 Å². The number of aryl methyl sites for hydroxylation is 3. The smallest absolute Gasteiger partial charge is 0.232 e. The van der Waals surface area contributed by atoms with Crippen molar-refractivity contribution in [2.45, 2.75) is 13.8 Å². The molecule has 7 nitrogen and oxygen atoms in total. The van der Waals surface area contributed by atoms with E-state index in [0.717, 1.165) is 11.4 Å². The Hall–Kier alpha value is -2.57. The van der Waals surface area contributed by atoms with Crippen LogP contribution < -0.4 is 10.5 Å². The third-order valence-electron chi connectivity index (χ3n) is 2.54. The Morgan fingerprint density at radius 2 is 2.11 bits per heavy atom. The summed E-state index contributed by atoms with van der Waals surface area (Å²) in [6.07, 6.45) is 0. The maximum atomic E-state index is 8.77. The van der Waals surface area contributed by atoms with Gasteiger partial charge < -0.3 is 15.7 Å². The molecule has 7 heteroatoms. The molecule has 0 amide bonds. The molecular formula is C12H15N5O2. The van der Waals surface area contributed by atoms with Gasteiger partial charge in [-0.25, -0.2) is 9.67 Å². The number of hydrogen-bond donors (Lipinski definition) is 2. The molecule has 100 valence electrons. The predicted octanol–water partition coefficient (Wildman–Crippen LogP) is 1.32. The van der Waals surface area contributed by atoms with Gasteiger partial charge in [0.05, 0.1) is 11.3 Å². The van der Waals surface area contributed by atoms with Gasteiger partial charge in [-0.2, -0.15) is 5.10 Å². The fourth-order valence-corrected chi connectivity index (χ4v) is 1.64. The van der Waals surface area contributed by atoms with Gasteiger partial charge in [0.2, 0.25) is 11.8 Å². The van der Waals surface area contributed by atoms with Gasteiger partial charge in [-0.05, 0) is 26.0 Å². The number of rotatable bonds is 3. The first kappa shape index (κ1) is 12.9. The van der Waals surface area contributed by atoms with E-state index in [1.54, 1.807) is 29.9 Å². The molecule has 0 aromatic carbocycles. The zero-order valence-electron chi connectivity index (χ0n) is 11.0. The maximum Gasteiger partial charge on any atom is 0.232 e. The Kier molecular flexibility index (Phi) is 3.37.